The number of benzene rings is 2. The van der Waals surface area contributed by atoms with Gasteiger partial charge in [-0.2, -0.15) is 0 Å². The lowest BCUT2D eigenvalue weighted by Gasteiger charge is -2.22. The van der Waals surface area contributed by atoms with E-state index in [2.05, 4.69) is 32.2 Å². The molecule has 1 N–H and O–H groups in total. The lowest BCUT2D eigenvalue weighted by Crippen LogP contribution is -2.32. The predicted octanol–water partition coefficient (Wildman–Crippen LogP) is 4.17. The van der Waals surface area contributed by atoms with E-state index in [1.807, 2.05) is 50.2 Å². The molecule has 2 rings (SSSR count). The van der Waals surface area contributed by atoms with Gasteiger partial charge in [-0.1, -0.05) is 51.1 Å². The Hall–Kier alpha value is -2.49. The molecule has 2 aromatic carbocycles. The summed E-state index contributed by atoms with van der Waals surface area (Å²) in [5.74, 6) is 1.45. The average molecular weight is 355 g/mol. The van der Waals surface area contributed by atoms with E-state index in [1.165, 1.54) is 0 Å². The van der Waals surface area contributed by atoms with Gasteiger partial charge < -0.3 is 14.8 Å². The third-order valence-electron chi connectivity index (χ3n) is 4.08. The minimum atomic E-state index is -0.154. The van der Waals surface area contributed by atoms with Gasteiger partial charge in [0.15, 0.2) is 6.61 Å². The molecular weight excluding hydrogens is 326 g/mol. The maximum atomic E-state index is 12.0. The Kier molecular flexibility index (Phi) is 6.67. The standard InChI is InChI=1S/C22H29NO3/c1-16-10-11-17(2)20(14-16)25-13-12-23-21(24)15-26-19-9-7-6-8-18(19)22(3,4)5/h6-11,14H,12-13,15H2,1-5H3,(H,23,24). The highest BCUT2D eigenvalue weighted by Gasteiger charge is 2.18. The summed E-state index contributed by atoms with van der Waals surface area (Å²) in [6.45, 7) is 11.3. The van der Waals surface area contributed by atoms with Crippen molar-refractivity contribution in [3.63, 3.8) is 0 Å². The van der Waals surface area contributed by atoms with E-state index >= 15 is 0 Å². The van der Waals surface area contributed by atoms with E-state index in [4.69, 9.17) is 9.47 Å². The fraction of sp³-hybridized carbons (Fsp3) is 0.409. The van der Waals surface area contributed by atoms with Crippen LogP contribution < -0.4 is 14.8 Å². The molecule has 140 valence electrons. The maximum absolute atomic E-state index is 12.0. The lowest BCUT2D eigenvalue weighted by molar-refractivity contribution is -0.123. The van der Waals surface area contributed by atoms with Crippen LogP contribution in [0.4, 0.5) is 0 Å². The summed E-state index contributed by atoms with van der Waals surface area (Å²) in [5.41, 5.74) is 3.29. The highest BCUT2D eigenvalue weighted by atomic mass is 16.5. The summed E-state index contributed by atoms with van der Waals surface area (Å²) in [5, 5.41) is 2.83. The molecule has 0 aliphatic carbocycles. The monoisotopic (exact) mass is 355 g/mol. The molecule has 0 bridgehead atoms. The zero-order chi connectivity index (χ0) is 19.2. The van der Waals surface area contributed by atoms with Gasteiger partial charge in [-0.05, 0) is 48.1 Å². The fourth-order valence-corrected chi connectivity index (χ4v) is 2.62. The number of aryl methyl sites for hydroxylation is 2. The molecule has 0 aliphatic rings. The molecule has 4 nitrogen and oxygen atoms in total. The minimum Gasteiger partial charge on any atom is -0.491 e. The van der Waals surface area contributed by atoms with Crippen LogP contribution in [-0.2, 0) is 10.2 Å². The minimum absolute atomic E-state index is 0.00341. The van der Waals surface area contributed by atoms with Gasteiger partial charge in [0, 0.05) is 0 Å². The van der Waals surface area contributed by atoms with Crippen molar-refractivity contribution in [1.29, 1.82) is 0 Å². The summed E-state index contributed by atoms with van der Waals surface area (Å²) in [7, 11) is 0. The molecule has 26 heavy (non-hydrogen) atoms. The Labute approximate surface area is 156 Å². The van der Waals surface area contributed by atoms with Crippen LogP contribution >= 0.6 is 0 Å². The van der Waals surface area contributed by atoms with Gasteiger partial charge in [0.25, 0.3) is 5.91 Å². The van der Waals surface area contributed by atoms with Crippen LogP contribution in [0.1, 0.15) is 37.5 Å². The number of carbonyl (C=O) groups excluding carboxylic acids is 1. The molecule has 0 saturated heterocycles. The van der Waals surface area contributed by atoms with Crippen molar-refractivity contribution in [2.75, 3.05) is 19.8 Å². The second-order valence-corrected chi connectivity index (χ2v) is 7.50. The SMILES string of the molecule is Cc1ccc(C)c(OCCNC(=O)COc2ccccc2C(C)(C)C)c1. The Morgan fingerprint density at radius 1 is 1.00 bits per heavy atom. The summed E-state index contributed by atoms with van der Waals surface area (Å²) < 4.78 is 11.5. The van der Waals surface area contributed by atoms with Gasteiger partial charge >= 0.3 is 0 Å². The molecule has 2 aromatic rings. The van der Waals surface area contributed by atoms with Gasteiger partial charge in [0.05, 0.1) is 6.54 Å². The fourth-order valence-electron chi connectivity index (χ4n) is 2.62. The molecule has 0 aromatic heterocycles. The number of hydrogen-bond acceptors (Lipinski definition) is 3. The summed E-state index contributed by atoms with van der Waals surface area (Å²) in [6, 6.07) is 13.9. The molecule has 0 atom stereocenters. The molecule has 0 fully saturated rings. The maximum Gasteiger partial charge on any atom is 0.258 e. The zero-order valence-corrected chi connectivity index (χ0v) is 16.4. The number of hydrogen-bond donors (Lipinski definition) is 1. The zero-order valence-electron chi connectivity index (χ0n) is 16.4. The normalized spacial score (nSPS) is 11.1. The largest absolute Gasteiger partial charge is 0.491 e. The average Bonchev–Trinajstić information content (AvgIpc) is 2.59. The molecule has 0 spiro atoms. The molecule has 1 amide bonds. The first kappa shape index (κ1) is 19.8. The van der Waals surface area contributed by atoms with Crippen molar-refractivity contribution in [3.8, 4) is 11.5 Å². The van der Waals surface area contributed by atoms with Crippen LogP contribution in [-0.4, -0.2) is 25.7 Å². The molecule has 0 saturated carbocycles. The predicted molar refractivity (Wildman–Crippen MR) is 105 cm³/mol. The van der Waals surface area contributed by atoms with Crippen LogP contribution in [0.25, 0.3) is 0 Å². The number of ether oxygens (including phenoxy) is 2. The van der Waals surface area contributed by atoms with E-state index in [0.29, 0.717) is 13.2 Å². The van der Waals surface area contributed by atoms with Gasteiger partial charge in [-0.25, -0.2) is 0 Å². The number of rotatable bonds is 7. The lowest BCUT2D eigenvalue weighted by atomic mass is 9.86. The second-order valence-electron chi connectivity index (χ2n) is 7.50. The summed E-state index contributed by atoms with van der Waals surface area (Å²) in [4.78, 5) is 12.0. The van der Waals surface area contributed by atoms with E-state index in [-0.39, 0.29) is 17.9 Å². The first-order valence-corrected chi connectivity index (χ1v) is 8.96. The van der Waals surface area contributed by atoms with Crippen molar-refractivity contribution in [1.82, 2.24) is 5.32 Å². The third kappa shape index (κ3) is 5.80. The molecule has 0 radical (unpaired) electrons. The van der Waals surface area contributed by atoms with Crippen LogP contribution in [0.5, 0.6) is 11.5 Å². The first-order chi connectivity index (χ1) is 12.3. The van der Waals surface area contributed by atoms with Crippen LogP contribution in [0.2, 0.25) is 0 Å². The molecule has 0 aliphatic heterocycles. The molecule has 0 unspecified atom stereocenters. The van der Waals surface area contributed by atoms with E-state index in [9.17, 15) is 4.79 Å². The highest BCUT2D eigenvalue weighted by molar-refractivity contribution is 5.77. The van der Waals surface area contributed by atoms with Crippen molar-refractivity contribution < 1.29 is 14.3 Å². The van der Waals surface area contributed by atoms with Crippen molar-refractivity contribution in [2.45, 2.75) is 40.0 Å². The van der Waals surface area contributed by atoms with Gasteiger partial charge in [0.2, 0.25) is 0 Å². The molecule has 4 heteroatoms. The number of nitrogens with one attached hydrogen (secondary N) is 1. The quantitative estimate of drug-likeness (QED) is 0.758. The number of para-hydroxylation sites is 1. The van der Waals surface area contributed by atoms with Crippen molar-refractivity contribution in [3.05, 3.63) is 59.2 Å². The number of carbonyl (C=O) groups is 1. The van der Waals surface area contributed by atoms with Crippen LogP contribution in [0, 0.1) is 13.8 Å². The highest BCUT2D eigenvalue weighted by Crippen LogP contribution is 2.30. The summed E-state index contributed by atoms with van der Waals surface area (Å²) in [6.07, 6.45) is 0. The Morgan fingerprint density at radius 3 is 2.46 bits per heavy atom. The van der Waals surface area contributed by atoms with Crippen LogP contribution in [0.15, 0.2) is 42.5 Å². The molecular formula is C22H29NO3. The Balaban J connectivity index is 1.77. The smallest absolute Gasteiger partial charge is 0.258 e. The Bertz CT molecular complexity index is 747. The third-order valence-corrected chi connectivity index (χ3v) is 4.08. The van der Waals surface area contributed by atoms with Crippen LogP contribution in [0.3, 0.4) is 0 Å². The van der Waals surface area contributed by atoms with Crippen molar-refractivity contribution >= 4 is 5.91 Å². The van der Waals surface area contributed by atoms with Crippen molar-refractivity contribution in [2.24, 2.45) is 0 Å². The van der Waals surface area contributed by atoms with E-state index in [0.717, 1.165) is 28.2 Å². The van der Waals surface area contributed by atoms with Gasteiger partial charge in [0.1, 0.15) is 18.1 Å². The second kappa shape index (κ2) is 8.75. The summed E-state index contributed by atoms with van der Waals surface area (Å²) >= 11 is 0. The topological polar surface area (TPSA) is 47.6 Å². The van der Waals surface area contributed by atoms with E-state index in [1.54, 1.807) is 0 Å². The number of amides is 1. The molecule has 0 heterocycles. The Morgan fingerprint density at radius 2 is 1.73 bits per heavy atom. The first-order valence-electron chi connectivity index (χ1n) is 8.96. The van der Waals surface area contributed by atoms with Gasteiger partial charge in [-0.15, -0.1) is 0 Å². The van der Waals surface area contributed by atoms with Gasteiger partial charge in [-0.3, -0.25) is 4.79 Å². The van der Waals surface area contributed by atoms with E-state index < -0.39 is 0 Å².